The number of aliphatic hydroxyl groups excluding tert-OH is 1. The number of oxazole rings is 1. The number of benzene rings is 3. The Balaban J connectivity index is 1.43. The smallest absolute Gasteiger partial charge is 0.277 e. The topological polar surface area (TPSA) is 95.7 Å². The molecule has 2 heterocycles. The van der Waals surface area contributed by atoms with Gasteiger partial charge in [0.2, 0.25) is 5.89 Å². The van der Waals surface area contributed by atoms with E-state index in [1.165, 1.54) is 6.08 Å². The van der Waals surface area contributed by atoms with Crippen molar-refractivity contribution >= 4 is 39.4 Å². The second-order valence-electron chi connectivity index (χ2n) is 6.97. The molecular weight excluding hydrogens is 382 g/mol. The molecule has 1 aliphatic rings. The van der Waals surface area contributed by atoms with E-state index in [1.54, 1.807) is 18.2 Å². The van der Waals surface area contributed by atoms with Gasteiger partial charge in [-0.2, -0.15) is 0 Å². The van der Waals surface area contributed by atoms with Crippen LogP contribution in [0.15, 0.2) is 76.9 Å². The van der Waals surface area contributed by atoms with Gasteiger partial charge >= 0.3 is 0 Å². The molecule has 0 radical (unpaired) electrons. The fraction of sp³-hybridized carbons (Fsp3) is 0.0870. The molecule has 0 unspecified atom stereocenters. The SMILES string of the molecule is O=C1C=C(Nc2ccc3oc(-c4ccc5ccccc5c4)nc3c2)C(=O)N1CCO. The first kappa shape index (κ1) is 18.1. The number of hydrogen-bond donors (Lipinski definition) is 2. The zero-order valence-corrected chi connectivity index (χ0v) is 15.8. The number of nitrogens with zero attached hydrogens (tertiary/aromatic N) is 2. The molecule has 7 nitrogen and oxygen atoms in total. The van der Waals surface area contributed by atoms with E-state index in [-0.39, 0.29) is 18.8 Å². The van der Waals surface area contributed by atoms with Gasteiger partial charge in [0, 0.05) is 17.3 Å². The highest BCUT2D eigenvalue weighted by atomic mass is 16.3. The summed E-state index contributed by atoms with van der Waals surface area (Å²) in [6.45, 7) is -0.308. The Bertz CT molecular complexity index is 1340. The van der Waals surface area contributed by atoms with Gasteiger partial charge in [-0.05, 0) is 41.1 Å². The van der Waals surface area contributed by atoms with Gasteiger partial charge in [0.15, 0.2) is 5.58 Å². The van der Waals surface area contributed by atoms with Crippen molar-refractivity contribution in [1.82, 2.24) is 9.88 Å². The highest BCUT2D eigenvalue weighted by Crippen LogP contribution is 2.29. The molecule has 1 aliphatic heterocycles. The van der Waals surface area contributed by atoms with Crippen LogP contribution in [-0.4, -0.2) is 40.0 Å². The Labute approximate surface area is 171 Å². The van der Waals surface area contributed by atoms with Crippen molar-refractivity contribution in [1.29, 1.82) is 0 Å². The summed E-state index contributed by atoms with van der Waals surface area (Å²) in [7, 11) is 0. The molecule has 2 N–H and O–H groups in total. The van der Waals surface area contributed by atoms with Gasteiger partial charge in [-0.25, -0.2) is 4.98 Å². The number of anilines is 1. The lowest BCUT2D eigenvalue weighted by Crippen LogP contribution is -2.34. The molecule has 0 bridgehead atoms. The van der Waals surface area contributed by atoms with Crippen molar-refractivity contribution in [3.8, 4) is 11.5 Å². The first-order valence-electron chi connectivity index (χ1n) is 9.47. The van der Waals surface area contributed by atoms with Crippen LogP contribution in [0.1, 0.15) is 0 Å². The Morgan fingerprint density at radius 3 is 2.67 bits per heavy atom. The van der Waals surface area contributed by atoms with E-state index < -0.39 is 11.8 Å². The van der Waals surface area contributed by atoms with Gasteiger partial charge < -0.3 is 14.8 Å². The zero-order chi connectivity index (χ0) is 20.7. The van der Waals surface area contributed by atoms with Crippen LogP contribution in [0, 0.1) is 0 Å². The lowest BCUT2D eigenvalue weighted by molar-refractivity contribution is -0.137. The third-order valence-electron chi connectivity index (χ3n) is 5.00. The summed E-state index contributed by atoms with van der Waals surface area (Å²) >= 11 is 0. The minimum Gasteiger partial charge on any atom is -0.436 e. The number of carbonyl (C=O) groups is 2. The molecule has 0 spiro atoms. The van der Waals surface area contributed by atoms with Crippen LogP contribution in [0.4, 0.5) is 5.69 Å². The molecule has 4 aromatic rings. The number of hydrogen-bond acceptors (Lipinski definition) is 6. The maximum Gasteiger partial charge on any atom is 0.277 e. The molecule has 148 valence electrons. The van der Waals surface area contributed by atoms with Crippen LogP contribution in [-0.2, 0) is 9.59 Å². The number of nitrogens with one attached hydrogen (secondary N) is 1. The largest absolute Gasteiger partial charge is 0.436 e. The van der Waals surface area contributed by atoms with Gasteiger partial charge in [-0.3, -0.25) is 14.5 Å². The summed E-state index contributed by atoms with van der Waals surface area (Å²) in [4.78, 5) is 29.8. The Morgan fingerprint density at radius 2 is 1.83 bits per heavy atom. The molecule has 2 amide bonds. The average molecular weight is 399 g/mol. The molecule has 0 atom stereocenters. The number of β-amino-alcohol motifs (C(OH)–C–C–N with tert-alkyl or cyclic N) is 1. The second-order valence-corrected chi connectivity index (χ2v) is 6.97. The van der Waals surface area contributed by atoms with Crippen molar-refractivity contribution in [3.05, 3.63) is 72.4 Å². The molecule has 1 aromatic heterocycles. The maximum absolute atomic E-state index is 12.3. The quantitative estimate of drug-likeness (QED) is 0.500. The minimum absolute atomic E-state index is 0.0310. The van der Waals surface area contributed by atoms with Crippen LogP contribution in [0.2, 0.25) is 0 Å². The highest BCUT2D eigenvalue weighted by Gasteiger charge is 2.30. The minimum atomic E-state index is -0.467. The Hall–Kier alpha value is -3.97. The summed E-state index contributed by atoms with van der Waals surface area (Å²) in [6, 6.07) is 19.4. The van der Waals surface area contributed by atoms with Gasteiger partial charge in [0.05, 0.1) is 13.2 Å². The summed E-state index contributed by atoms with van der Waals surface area (Å²) in [5, 5.41) is 14.2. The Kier molecular flexibility index (Phi) is 4.30. The van der Waals surface area contributed by atoms with Crippen LogP contribution < -0.4 is 5.32 Å². The molecule has 7 heteroatoms. The number of imide groups is 1. The monoisotopic (exact) mass is 399 g/mol. The molecule has 0 saturated heterocycles. The predicted molar refractivity (Wildman–Crippen MR) is 112 cm³/mol. The van der Waals surface area contributed by atoms with Crippen molar-refractivity contribution in [3.63, 3.8) is 0 Å². The lowest BCUT2D eigenvalue weighted by Gasteiger charge is -2.13. The van der Waals surface area contributed by atoms with Gasteiger partial charge in [-0.15, -0.1) is 0 Å². The van der Waals surface area contributed by atoms with E-state index >= 15 is 0 Å². The molecular formula is C23H17N3O4. The van der Waals surface area contributed by atoms with Crippen molar-refractivity contribution < 1.29 is 19.1 Å². The van der Waals surface area contributed by atoms with Gasteiger partial charge in [-0.1, -0.05) is 30.3 Å². The average Bonchev–Trinajstić information content (AvgIpc) is 3.30. The van der Waals surface area contributed by atoms with E-state index in [4.69, 9.17) is 9.52 Å². The zero-order valence-electron chi connectivity index (χ0n) is 15.8. The number of fused-ring (bicyclic) bond motifs is 2. The van der Waals surface area contributed by atoms with E-state index in [0.29, 0.717) is 22.7 Å². The molecule has 0 fully saturated rings. The first-order valence-corrected chi connectivity index (χ1v) is 9.47. The molecule has 30 heavy (non-hydrogen) atoms. The summed E-state index contributed by atoms with van der Waals surface area (Å²) in [6.07, 6.45) is 1.23. The fourth-order valence-electron chi connectivity index (χ4n) is 3.52. The Morgan fingerprint density at radius 1 is 1.00 bits per heavy atom. The van der Waals surface area contributed by atoms with Gasteiger partial charge in [0.1, 0.15) is 11.2 Å². The number of carbonyl (C=O) groups excluding carboxylic acids is 2. The van der Waals surface area contributed by atoms with Crippen molar-refractivity contribution in [2.45, 2.75) is 0 Å². The van der Waals surface area contributed by atoms with E-state index in [9.17, 15) is 9.59 Å². The maximum atomic E-state index is 12.3. The lowest BCUT2D eigenvalue weighted by atomic mass is 10.1. The summed E-state index contributed by atoms with van der Waals surface area (Å²) in [5.41, 5.74) is 2.89. The van der Waals surface area contributed by atoms with Crippen LogP contribution in [0.5, 0.6) is 0 Å². The van der Waals surface area contributed by atoms with Crippen LogP contribution in [0.25, 0.3) is 33.3 Å². The third-order valence-corrected chi connectivity index (χ3v) is 5.00. The normalized spacial score (nSPS) is 14.0. The van der Waals surface area contributed by atoms with E-state index in [1.807, 2.05) is 36.4 Å². The van der Waals surface area contributed by atoms with E-state index in [2.05, 4.69) is 16.4 Å². The predicted octanol–water partition coefficient (Wildman–Crippen LogP) is 3.30. The number of amides is 2. The summed E-state index contributed by atoms with van der Waals surface area (Å²) in [5.74, 6) is -0.405. The van der Waals surface area contributed by atoms with E-state index in [0.717, 1.165) is 21.2 Å². The molecule has 5 rings (SSSR count). The van der Waals surface area contributed by atoms with Crippen molar-refractivity contribution in [2.75, 3.05) is 18.5 Å². The number of aliphatic hydroxyl groups is 1. The van der Waals surface area contributed by atoms with Crippen LogP contribution >= 0.6 is 0 Å². The number of aromatic nitrogens is 1. The standard InChI is InChI=1S/C23H17N3O4/c27-10-9-26-21(28)13-19(23(26)29)24-17-7-8-20-18(12-17)25-22(30-20)16-6-5-14-3-1-2-4-15(14)11-16/h1-8,11-13,24,27H,9-10H2. The molecule has 0 aliphatic carbocycles. The first-order chi connectivity index (χ1) is 14.6. The van der Waals surface area contributed by atoms with Crippen LogP contribution in [0.3, 0.4) is 0 Å². The molecule has 0 saturated carbocycles. The summed E-state index contributed by atoms with van der Waals surface area (Å²) < 4.78 is 5.90. The van der Waals surface area contributed by atoms with Crippen molar-refractivity contribution in [2.24, 2.45) is 0 Å². The number of rotatable bonds is 5. The molecule has 3 aromatic carbocycles. The highest BCUT2D eigenvalue weighted by molar-refractivity contribution is 6.17. The second kappa shape index (κ2) is 7.13. The fourth-order valence-corrected chi connectivity index (χ4v) is 3.52. The van der Waals surface area contributed by atoms with Gasteiger partial charge in [0.25, 0.3) is 11.8 Å². The third kappa shape index (κ3) is 3.11.